The van der Waals surface area contributed by atoms with Crippen LogP contribution >= 0.6 is 11.3 Å². The van der Waals surface area contributed by atoms with E-state index in [0.29, 0.717) is 0 Å². The van der Waals surface area contributed by atoms with E-state index in [-0.39, 0.29) is 6.04 Å². The van der Waals surface area contributed by atoms with Crippen molar-refractivity contribution in [2.24, 2.45) is 5.73 Å². The van der Waals surface area contributed by atoms with Crippen molar-refractivity contribution >= 4 is 11.3 Å². The monoisotopic (exact) mass is 307 g/mol. The largest absolute Gasteiger partial charge is 0.324 e. The number of thiophene rings is 1. The van der Waals surface area contributed by atoms with Gasteiger partial charge in [0.05, 0.1) is 0 Å². The fourth-order valence-electron chi connectivity index (χ4n) is 2.81. The molecule has 112 valence electrons. The van der Waals surface area contributed by atoms with Crippen molar-refractivity contribution in [3.63, 3.8) is 0 Å². The molecule has 0 spiro atoms. The van der Waals surface area contributed by atoms with Gasteiger partial charge in [-0.25, -0.2) is 0 Å². The Hall–Kier alpha value is -1.90. The van der Waals surface area contributed by atoms with Gasteiger partial charge in [0.15, 0.2) is 0 Å². The van der Waals surface area contributed by atoms with Crippen LogP contribution in [0.15, 0.2) is 65.4 Å². The van der Waals surface area contributed by atoms with E-state index in [1.807, 2.05) is 6.07 Å². The molecule has 2 heteroatoms. The Balaban J connectivity index is 1.75. The van der Waals surface area contributed by atoms with Gasteiger partial charge in [-0.15, -0.1) is 0 Å². The highest BCUT2D eigenvalue weighted by atomic mass is 32.1. The molecule has 1 nitrogen and oxygen atoms in total. The van der Waals surface area contributed by atoms with Crippen LogP contribution in [0.1, 0.15) is 29.2 Å². The molecule has 0 fully saturated rings. The zero-order valence-corrected chi connectivity index (χ0v) is 13.6. The number of aryl methyl sites for hydroxylation is 2. The van der Waals surface area contributed by atoms with Gasteiger partial charge >= 0.3 is 0 Å². The van der Waals surface area contributed by atoms with Crippen molar-refractivity contribution in [1.82, 2.24) is 0 Å². The molecule has 1 aromatic heterocycles. The van der Waals surface area contributed by atoms with Crippen molar-refractivity contribution in [1.29, 1.82) is 0 Å². The van der Waals surface area contributed by atoms with Gasteiger partial charge < -0.3 is 5.73 Å². The van der Waals surface area contributed by atoms with Crippen LogP contribution < -0.4 is 5.73 Å². The maximum Gasteiger partial charge on any atom is 0.0298 e. The van der Waals surface area contributed by atoms with Gasteiger partial charge in [0, 0.05) is 6.04 Å². The Kier molecular flexibility index (Phi) is 4.71. The molecule has 0 aliphatic carbocycles. The predicted octanol–water partition coefficient (Wildman–Crippen LogP) is 5.36. The molecular weight excluding hydrogens is 286 g/mol. The minimum Gasteiger partial charge on any atom is -0.324 e. The van der Waals surface area contributed by atoms with Crippen LogP contribution in [-0.2, 0) is 6.42 Å². The van der Waals surface area contributed by atoms with E-state index in [9.17, 15) is 0 Å². The Morgan fingerprint density at radius 3 is 2.41 bits per heavy atom. The molecule has 1 unspecified atom stereocenters. The van der Waals surface area contributed by atoms with Crippen molar-refractivity contribution in [3.8, 4) is 11.1 Å². The average Bonchev–Trinajstić information content (AvgIpc) is 3.02. The van der Waals surface area contributed by atoms with E-state index in [2.05, 4.69) is 66.2 Å². The fourth-order valence-corrected chi connectivity index (χ4v) is 3.70. The number of hydrogen-bond acceptors (Lipinski definition) is 2. The van der Waals surface area contributed by atoms with E-state index in [1.54, 1.807) is 11.3 Å². The minimum atomic E-state index is 0.103. The Labute approximate surface area is 136 Å². The molecule has 3 rings (SSSR count). The third-order valence-corrected chi connectivity index (χ3v) is 4.92. The molecule has 2 aromatic carbocycles. The van der Waals surface area contributed by atoms with Crippen LogP contribution in [0.25, 0.3) is 11.1 Å². The number of nitrogens with two attached hydrogens (primary N) is 1. The summed E-state index contributed by atoms with van der Waals surface area (Å²) in [6.07, 6.45) is 1.99. The first kappa shape index (κ1) is 15.0. The average molecular weight is 307 g/mol. The lowest BCUT2D eigenvalue weighted by Gasteiger charge is -2.13. The van der Waals surface area contributed by atoms with E-state index in [1.165, 1.54) is 27.8 Å². The highest BCUT2D eigenvalue weighted by Gasteiger charge is 2.11. The smallest absolute Gasteiger partial charge is 0.0298 e. The normalized spacial score (nSPS) is 12.3. The van der Waals surface area contributed by atoms with Crippen molar-refractivity contribution in [2.75, 3.05) is 0 Å². The van der Waals surface area contributed by atoms with Crippen LogP contribution in [0.2, 0.25) is 0 Å². The predicted molar refractivity (Wildman–Crippen MR) is 96.2 cm³/mol. The second kappa shape index (κ2) is 6.91. The van der Waals surface area contributed by atoms with Crippen LogP contribution in [-0.4, -0.2) is 0 Å². The SMILES string of the molecule is Cc1ccccc1-c1cscc1CCC(N)c1ccccc1. The minimum absolute atomic E-state index is 0.103. The van der Waals surface area contributed by atoms with E-state index in [0.717, 1.165) is 12.8 Å². The van der Waals surface area contributed by atoms with Gasteiger partial charge in [-0.3, -0.25) is 0 Å². The molecule has 1 atom stereocenters. The lowest BCUT2D eigenvalue weighted by Crippen LogP contribution is -2.11. The molecule has 0 saturated carbocycles. The quantitative estimate of drug-likeness (QED) is 0.675. The summed E-state index contributed by atoms with van der Waals surface area (Å²) >= 11 is 1.78. The van der Waals surface area contributed by atoms with Crippen molar-refractivity contribution in [3.05, 3.63) is 82.0 Å². The summed E-state index contributed by atoms with van der Waals surface area (Å²) in [7, 11) is 0. The maximum atomic E-state index is 6.33. The molecular formula is C20H21NS. The molecule has 1 heterocycles. The zero-order valence-electron chi connectivity index (χ0n) is 12.8. The third-order valence-electron chi connectivity index (χ3n) is 4.13. The molecule has 3 aromatic rings. The molecule has 0 radical (unpaired) electrons. The van der Waals surface area contributed by atoms with E-state index >= 15 is 0 Å². The van der Waals surface area contributed by atoms with Crippen LogP contribution in [0, 0.1) is 6.92 Å². The third kappa shape index (κ3) is 3.29. The summed E-state index contributed by atoms with van der Waals surface area (Å²) in [5.41, 5.74) is 13.0. The first-order chi connectivity index (χ1) is 10.8. The van der Waals surface area contributed by atoms with Crippen molar-refractivity contribution in [2.45, 2.75) is 25.8 Å². The number of benzene rings is 2. The second-order valence-corrected chi connectivity index (χ2v) is 6.43. The highest BCUT2D eigenvalue weighted by Crippen LogP contribution is 2.31. The van der Waals surface area contributed by atoms with Gasteiger partial charge in [-0.1, -0.05) is 54.6 Å². The van der Waals surface area contributed by atoms with Gasteiger partial charge in [-0.2, -0.15) is 11.3 Å². The first-order valence-electron chi connectivity index (χ1n) is 7.67. The molecule has 22 heavy (non-hydrogen) atoms. The van der Waals surface area contributed by atoms with Crippen molar-refractivity contribution < 1.29 is 0 Å². The molecule has 0 amide bonds. The van der Waals surface area contributed by atoms with Crippen LogP contribution in [0.3, 0.4) is 0 Å². The Bertz CT molecular complexity index is 730. The van der Waals surface area contributed by atoms with Crippen LogP contribution in [0.5, 0.6) is 0 Å². The number of hydrogen-bond donors (Lipinski definition) is 1. The van der Waals surface area contributed by atoms with Crippen LogP contribution in [0.4, 0.5) is 0 Å². The van der Waals surface area contributed by atoms with Gasteiger partial charge in [-0.05, 0) is 58.3 Å². The molecule has 0 bridgehead atoms. The summed E-state index contributed by atoms with van der Waals surface area (Å²) in [6, 6.07) is 19.1. The Morgan fingerprint density at radius 1 is 0.909 bits per heavy atom. The molecule has 0 aliphatic rings. The lowest BCUT2D eigenvalue weighted by atomic mass is 9.95. The topological polar surface area (TPSA) is 26.0 Å². The lowest BCUT2D eigenvalue weighted by molar-refractivity contribution is 0.653. The zero-order chi connectivity index (χ0) is 15.4. The summed E-state index contributed by atoms with van der Waals surface area (Å²) in [4.78, 5) is 0. The fraction of sp³-hybridized carbons (Fsp3) is 0.200. The Morgan fingerprint density at radius 2 is 1.64 bits per heavy atom. The van der Waals surface area contributed by atoms with Gasteiger partial charge in [0.2, 0.25) is 0 Å². The summed E-state index contributed by atoms with van der Waals surface area (Å²) in [5, 5.41) is 4.52. The van der Waals surface area contributed by atoms with E-state index in [4.69, 9.17) is 5.73 Å². The summed E-state index contributed by atoms with van der Waals surface area (Å²) < 4.78 is 0. The highest BCUT2D eigenvalue weighted by molar-refractivity contribution is 7.08. The molecule has 0 aliphatic heterocycles. The second-order valence-electron chi connectivity index (χ2n) is 5.68. The van der Waals surface area contributed by atoms with Gasteiger partial charge in [0.25, 0.3) is 0 Å². The van der Waals surface area contributed by atoms with Gasteiger partial charge in [0.1, 0.15) is 0 Å². The maximum absolute atomic E-state index is 6.33. The molecule has 0 saturated heterocycles. The standard InChI is InChI=1S/C20H21NS/c1-15-7-5-6-10-18(15)19-14-22-13-17(19)11-12-20(21)16-8-3-2-4-9-16/h2-10,13-14,20H,11-12,21H2,1H3. The summed E-state index contributed by atoms with van der Waals surface area (Å²) in [6.45, 7) is 2.17. The first-order valence-corrected chi connectivity index (χ1v) is 8.61. The number of rotatable bonds is 5. The molecule has 2 N–H and O–H groups in total. The summed E-state index contributed by atoms with van der Waals surface area (Å²) in [5.74, 6) is 0. The van der Waals surface area contributed by atoms with E-state index < -0.39 is 0 Å².